The van der Waals surface area contributed by atoms with E-state index in [4.69, 9.17) is 35.2 Å². The predicted molar refractivity (Wildman–Crippen MR) is 185 cm³/mol. The maximum Gasteiger partial charge on any atom is 0.0709 e. The van der Waals surface area contributed by atoms with Crippen molar-refractivity contribution >= 4 is 49.1 Å². The first kappa shape index (κ1) is 27.5. The Kier molecular flexibility index (Phi) is 8.46. The van der Waals surface area contributed by atoms with E-state index in [1.165, 1.54) is 0 Å². The van der Waals surface area contributed by atoms with Crippen molar-refractivity contribution in [3.63, 3.8) is 0 Å². The lowest BCUT2D eigenvalue weighted by molar-refractivity contribution is 1.41. The van der Waals surface area contributed by atoms with Crippen molar-refractivity contribution in [2.24, 2.45) is 9.98 Å². The highest BCUT2D eigenvalue weighted by atomic mass is 32.1. The molecule has 0 heterocycles. The number of benzene rings is 6. The number of nitrogens with zero attached hydrogens (tertiary/aromatic N) is 2. The molecule has 0 fully saturated rings. The first-order valence-corrected chi connectivity index (χ1v) is 14.6. The normalized spacial score (nSPS) is 11.4. The summed E-state index contributed by atoms with van der Waals surface area (Å²) in [5, 5.41) is 0. The number of rotatable bonds is 7. The zero-order valence-corrected chi connectivity index (χ0v) is 24.6. The summed E-state index contributed by atoms with van der Waals surface area (Å²) in [6.07, 6.45) is 3.78. The lowest BCUT2D eigenvalue weighted by Gasteiger charge is -2.10. The van der Waals surface area contributed by atoms with E-state index in [0.29, 0.717) is 0 Å². The lowest BCUT2D eigenvalue weighted by Crippen LogP contribution is -1.88. The SMILES string of the molecule is Sc1ccc(-c2ccccc2)cc1C=Nc1ccccc1-c1ccccc1N=Cc1cc(-c2ccccc2)ccc1S. The van der Waals surface area contributed by atoms with Crippen LogP contribution in [0.5, 0.6) is 0 Å². The summed E-state index contributed by atoms with van der Waals surface area (Å²) in [7, 11) is 0. The van der Waals surface area contributed by atoms with Crippen LogP contribution in [0.4, 0.5) is 11.4 Å². The Labute approximate surface area is 258 Å². The second-order valence-corrected chi connectivity index (χ2v) is 10.8. The average Bonchev–Trinajstić information content (AvgIpc) is 3.05. The van der Waals surface area contributed by atoms with Crippen LogP contribution < -0.4 is 0 Å². The Bertz CT molecular complexity index is 1750. The molecular weight excluding hydrogens is 549 g/mol. The standard InChI is InChI=1S/C38H28N2S2/c41-37-21-19-29(27-11-3-1-4-12-27)23-31(37)25-39-35-17-9-7-15-33(35)34-16-8-10-18-36(34)40-26-32-24-30(20-22-38(32)42)28-13-5-2-6-14-28/h1-26,41-42H. The van der Waals surface area contributed by atoms with E-state index in [0.717, 1.165) is 65.7 Å². The molecule has 0 atom stereocenters. The molecule has 0 aliphatic rings. The van der Waals surface area contributed by atoms with Gasteiger partial charge in [-0.3, -0.25) is 9.98 Å². The van der Waals surface area contributed by atoms with Crippen molar-refractivity contribution in [1.82, 2.24) is 0 Å². The van der Waals surface area contributed by atoms with Crippen LogP contribution >= 0.6 is 25.3 Å². The smallest absolute Gasteiger partial charge is 0.0709 e. The number of para-hydroxylation sites is 2. The van der Waals surface area contributed by atoms with Gasteiger partial charge >= 0.3 is 0 Å². The largest absolute Gasteiger partial charge is 0.256 e. The van der Waals surface area contributed by atoms with Gasteiger partial charge in [0.15, 0.2) is 0 Å². The quantitative estimate of drug-likeness (QED) is 0.140. The predicted octanol–water partition coefficient (Wildman–Crippen LogP) is 10.8. The monoisotopic (exact) mass is 576 g/mol. The summed E-state index contributed by atoms with van der Waals surface area (Å²) in [6.45, 7) is 0. The highest BCUT2D eigenvalue weighted by Crippen LogP contribution is 2.37. The Morgan fingerprint density at radius 3 is 1.19 bits per heavy atom. The van der Waals surface area contributed by atoms with Crippen molar-refractivity contribution in [3.8, 4) is 33.4 Å². The molecule has 0 N–H and O–H groups in total. The highest BCUT2D eigenvalue weighted by molar-refractivity contribution is 7.80. The summed E-state index contributed by atoms with van der Waals surface area (Å²) in [5.41, 5.74) is 10.2. The molecule has 0 saturated heterocycles. The summed E-state index contributed by atoms with van der Waals surface area (Å²) in [5.74, 6) is 0. The first-order valence-electron chi connectivity index (χ1n) is 13.7. The van der Waals surface area contributed by atoms with Gasteiger partial charge in [0.2, 0.25) is 0 Å². The van der Waals surface area contributed by atoms with E-state index in [1.807, 2.05) is 97.4 Å². The third kappa shape index (κ3) is 6.31. The van der Waals surface area contributed by atoms with Crippen molar-refractivity contribution in [2.75, 3.05) is 0 Å². The number of aliphatic imine (C=N–C) groups is 2. The molecule has 2 nitrogen and oxygen atoms in total. The maximum atomic E-state index is 4.93. The van der Waals surface area contributed by atoms with Gasteiger partial charge in [0.1, 0.15) is 0 Å². The van der Waals surface area contributed by atoms with E-state index in [2.05, 4.69) is 60.7 Å². The molecule has 0 unspecified atom stereocenters. The van der Waals surface area contributed by atoms with Gasteiger partial charge in [-0.15, -0.1) is 25.3 Å². The molecule has 6 aromatic carbocycles. The molecule has 6 aromatic rings. The summed E-state index contributed by atoms with van der Waals surface area (Å²) < 4.78 is 0. The van der Waals surface area contributed by atoms with Crippen molar-refractivity contribution in [1.29, 1.82) is 0 Å². The Morgan fingerprint density at radius 1 is 0.381 bits per heavy atom. The molecule has 0 radical (unpaired) electrons. The van der Waals surface area contributed by atoms with E-state index < -0.39 is 0 Å². The Morgan fingerprint density at radius 2 is 0.762 bits per heavy atom. The van der Waals surface area contributed by atoms with Gasteiger partial charge < -0.3 is 0 Å². The Hall–Kier alpha value is -4.64. The molecule has 0 spiro atoms. The molecule has 202 valence electrons. The van der Waals surface area contributed by atoms with E-state index >= 15 is 0 Å². The number of hydrogen-bond acceptors (Lipinski definition) is 4. The van der Waals surface area contributed by atoms with Gasteiger partial charge in [-0.1, -0.05) is 109 Å². The number of hydrogen-bond donors (Lipinski definition) is 2. The molecule has 0 aliphatic heterocycles. The topological polar surface area (TPSA) is 24.7 Å². The molecule has 0 amide bonds. The molecule has 0 saturated carbocycles. The zero-order valence-electron chi connectivity index (χ0n) is 22.8. The van der Waals surface area contributed by atoms with E-state index in [-0.39, 0.29) is 0 Å². The van der Waals surface area contributed by atoms with Gasteiger partial charge in [0.25, 0.3) is 0 Å². The van der Waals surface area contributed by atoms with Gasteiger partial charge in [-0.2, -0.15) is 0 Å². The van der Waals surface area contributed by atoms with Crippen LogP contribution in [-0.2, 0) is 0 Å². The van der Waals surface area contributed by atoms with Crippen LogP contribution in [0.25, 0.3) is 33.4 Å². The van der Waals surface area contributed by atoms with Crippen molar-refractivity contribution in [3.05, 3.63) is 157 Å². The lowest BCUT2D eigenvalue weighted by atomic mass is 10.0. The van der Waals surface area contributed by atoms with Crippen molar-refractivity contribution in [2.45, 2.75) is 9.79 Å². The average molecular weight is 577 g/mol. The second-order valence-electron chi connectivity index (χ2n) is 9.83. The van der Waals surface area contributed by atoms with Gasteiger partial charge in [-0.05, 0) is 58.7 Å². The fraction of sp³-hybridized carbons (Fsp3) is 0. The van der Waals surface area contributed by atoms with Crippen LogP contribution in [0.3, 0.4) is 0 Å². The maximum absolute atomic E-state index is 4.93. The molecule has 42 heavy (non-hydrogen) atoms. The van der Waals surface area contributed by atoms with Crippen LogP contribution in [0.1, 0.15) is 11.1 Å². The summed E-state index contributed by atoms with van der Waals surface area (Å²) in [4.78, 5) is 11.6. The molecule has 0 bridgehead atoms. The molecular formula is C38H28N2S2. The van der Waals surface area contributed by atoms with Gasteiger partial charge in [-0.25, -0.2) is 0 Å². The molecule has 4 heteroatoms. The fourth-order valence-corrected chi connectivity index (χ4v) is 5.24. The molecule has 0 aromatic heterocycles. The second kappa shape index (κ2) is 12.9. The van der Waals surface area contributed by atoms with Crippen molar-refractivity contribution < 1.29 is 0 Å². The number of thiol groups is 2. The minimum Gasteiger partial charge on any atom is -0.256 e. The Balaban J connectivity index is 1.33. The van der Waals surface area contributed by atoms with Crippen LogP contribution in [0.2, 0.25) is 0 Å². The summed E-state index contributed by atoms with van der Waals surface area (Å²) >= 11 is 9.40. The van der Waals surface area contributed by atoms with Gasteiger partial charge in [0.05, 0.1) is 11.4 Å². The first-order chi connectivity index (χ1) is 20.7. The van der Waals surface area contributed by atoms with Crippen LogP contribution in [0.15, 0.2) is 165 Å². The zero-order chi connectivity index (χ0) is 28.7. The van der Waals surface area contributed by atoms with E-state index in [1.54, 1.807) is 0 Å². The van der Waals surface area contributed by atoms with E-state index in [9.17, 15) is 0 Å². The third-order valence-electron chi connectivity index (χ3n) is 7.05. The minimum atomic E-state index is 0.860. The molecule has 0 aliphatic carbocycles. The van der Waals surface area contributed by atoms with Crippen LogP contribution in [0, 0.1) is 0 Å². The fourth-order valence-electron chi connectivity index (χ4n) is 4.84. The van der Waals surface area contributed by atoms with Gasteiger partial charge in [0, 0.05) is 44.5 Å². The minimum absolute atomic E-state index is 0.860. The highest BCUT2D eigenvalue weighted by Gasteiger charge is 2.09. The van der Waals surface area contributed by atoms with Crippen LogP contribution in [-0.4, -0.2) is 12.4 Å². The summed E-state index contributed by atoms with van der Waals surface area (Å²) in [6, 6.07) is 49.4. The third-order valence-corrected chi connectivity index (χ3v) is 7.87. The molecule has 6 rings (SSSR count).